The predicted octanol–water partition coefficient (Wildman–Crippen LogP) is 1.71. The molecule has 0 aliphatic carbocycles. The summed E-state index contributed by atoms with van der Waals surface area (Å²) in [6.07, 6.45) is 1.20. The van der Waals surface area contributed by atoms with Crippen LogP contribution in [0.15, 0.2) is 30.3 Å². The van der Waals surface area contributed by atoms with E-state index in [4.69, 9.17) is 5.73 Å². The lowest BCUT2D eigenvalue weighted by Crippen LogP contribution is -2.46. The number of benzene rings is 1. The second kappa shape index (κ2) is 4.87. The monoisotopic (exact) mass is 229 g/mol. The standard InChI is InChI=1S/C14H19N3/c1-12-7-8-17(9-12)11-14(16,10-15)13-5-3-2-4-6-13/h2-6,12H,7-9,11,16H2,1H3. The molecule has 2 unspecified atom stereocenters. The maximum atomic E-state index is 9.36. The summed E-state index contributed by atoms with van der Waals surface area (Å²) in [4.78, 5) is 2.29. The van der Waals surface area contributed by atoms with Crippen molar-refractivity contribution in [2.45, 2.75) is 18.9 Å². The molecule has 1 aromatic rings. The van der Waals surface area contributed by atoms with E-state index in [-0.39, 0.29) is 0 Å². The average molecular weight is 229 g/mol. The summed E-state index contributed by atoms with van der Waals surface area (Å²) in [5, 5.41) is 9.36. The van der Waals surface area contributed by atoms with Crippen molar-refractivity contribution in [2.75, 3.05) is 19.6 Å². The van der Waals surface area contributed by atoms with Crippen molar-refractivity contribution in [3.05, 3.63) is 35.9 Å². The van der Waals surface area contributed by atoms with Gasteiger partial charge in [0.15, 0.2) is 0 Å². The Balaban J connectivity index is 2.13. The summed E-state index contributed by atoms with van der Waals surface area (Å²) in [7, 11) is 0. The number of nitriles is 1. The van der Waals surface area contributed by atoms with Crippen LogP contribution in [-0.4, -0.2) is 24.5 Å². The Morgan fingerprint density at radius 2 is 2.18 bits per heavy atom. The molecule has 2 atom stereocenters. The van der Waals surface area contributed by atoms with Gasteiger partial charge < -0.3 is 5.73 Å². The third kappa shape index (κ3) is 2.66. The summed E-state index contributed by atoms with van der Waals surface area (Å²) in [5.41, 5.74) is 6.26. The van der Waals surface area contributed by atoms with Crippen molar-refractivity contribution in [1.29, 1.82) is 5.26 Å². The molecule has 3 nitrogen and oxygen atoms in total. The van der Waals surface area contributed by atoms with Gasteiger partial charge in [0.05, 0.1) is 6.07 Å². The van der Waals surface area contributed by atoms with Gasteiger partial charge in [-0.1, -0.05) is 37.3 Å². The number of rotatable bonds is 3. The van der Waals surface area contributed by atoms with Crippen LogP contribution in [0.25, 0.3) is 0 Å². The van der Waals surface area contributed by atoms with Gasteiger partial charge in [-0.3, -0.25) is 4.90 Å². The van der Waals surface area contributed by atoms with Crippen LogP contribution in [0.3, 0.4) is 0 Å². The average Bonchev–Trinajstić information content (AvgIpc) is 2.75. The van der Waals surface area contributed by atoms with Gasteiger partial charge in [0.25, 0.3) is 0 Å². The lowest BCUT2D eigenvalue weighted by molar-refractivity contribution is 0.276. The van der Waals surface area contributed by atoms with E-state index < -0.39 is 5.54 Å². The first kappa shape index (κ1) is 12.1. The van der Waals surface area contributed by atoms with E-state index in [2.05, 4.69) is 17.9 Å². The molecule has 0 saturated carbocycles. The highest BCUT2D eigenvalue weighted by Gasteiger charge is 2.32. The minimum Gasteiger partial charge on any atom is -0.309 e. The van der Waals surface area contributed by atoms with Gasteiger partial charge in [-0.15, -0.1) is 0 Å². The Hall–Kier alpha value is -1.37. The van der Waals surface area contributed by atoms with Gasteiger partial charge in [-0.05, 0) is 24.4 Å². The molecule has 2 N–H and O–H groups in total. The summed E-state index contributed by atoms with van der Waals surface area (Å²) < 4.78 is 0. The molecule has 0 bridgehead atoms. The molecule has 0 aromatic heterocycles. The zero-order valence-corrected chi connectivity index (χ0v) is 10.3. The fourth-order valence-electron chi connectivity index (χ4n) is 2.45. The molecule has 3 heteroatoms. The first-order valence-corrected chi connectivity index (χ1v) is 6.12. The molecule has 0 spiro atoms. The number of hydrogen-bond donors (Lipinski definition) is 1. The van der Waals surface area contributed by atoms with Gasteiger partial charge in [0.2, 0.25) is 0 Å². The van der Waals surface area contributed by atoms with E-state index in [1.165, 1.54) is 6.42 Å². The van der Waals surface area contributed by atoms with Gasteiger partial charge in [-0.25, -0.2) is 0 Å². The lowest BCUT2D eigenvalue weighted by atomic mass is 9.92. The highest BCUT2D eigenvalue weighted by molar-refractivity contribution is 5.31. The molecule has 1 aromatic carbocycles. The zero-order chi connectivity index (χ0) is 12.3. The minimum absolute atomic E-state index is 0.623. The normalized spacial score (nSPS) is 24.2. The Bertz CT molecular complexity index is 409. The molecule has 1 saturated heterocycles. The van der Waals surface area contributed by atoms with Crippen LogP contribution in [0, 0.1) is 17.2 Å². The van der Waals surface area contributed by atoms with E-state index in [1.54, 1.807) is 0 Å². The van der Waals surface area contributed by atoms with Crippen molar-refractivity contribution < 1.29 is 0 Å². The van der Waals surface area contributed by atoms with Gasteiger partial charge in [0.1, 0.15) is 5.54 Å². The second-order valence-corrected chi connectivity index (χ2v) is 5.08. The van der Waals surface area contributed by atoms with Crippen LogP contribution in [0.5, 0.6) is 0 Å². The Morgan fingerprint density at radius 1 is 1.47 bits per heavy atom. The Labute approximate surface area is 103 Å². The zero-order valence-electron chi connectivity index (χ0n) is 10.3. The van der Waals surface area contributed by atoms with Crippen molar-refractivity contribution >= 4 is 0 Å². The molecule has 0 amide bonds. The minimum atomic E-state index is -0.884. The first-order chi connectivity index (χ1) is 8.14. The highest BCUT2D eigenvalue weighted by atomic mass is 15.2. The second-order valence-electron chi connectivity index (χ2n) is 5.08. The topological polar surface area (TPSA) is 53.0 Å². The third-order valence-electron chi connectivity index (χ3n) is 3.47. The van der Waals surface area contributed by atoms with Crippen molar-refractivity contribution in [3.8, 4) is 6.07 Å². The number of hydrogen-bond acceptors (Lipinski definition) is 3. The summed E-state index contributed by atoms with van der Waals surface area (Å²) in [6.45, 7) is 4.97. The van der Waals surface area contributed by atoms with Gasteiger partial charge >= 0.3 is 0 Å². The van der Waals surface area contributed by atoms with Crippen LogP contribution in [0.2, 0.25) is 0 Å². The maximum absolute atomic E-state index is 9.36. The number of likely N-dealkylation sites (tertiary alicyclic amines) is 1. The summed E-state index contributed by atoms with van der Waals surface area (Å²) >= 11 is 0. The van der Waals surface area contributed by atoms with Crippen LogP contribution in [0.1, 0.15) is 18.9 Å². The van der Waals surface area contributed by atoms with Crippen molar-refractivity contribution in [2.24, 2.45) is 11.7 Å². The van der Waals surface area contributed by atoms with E-state index in [1.807, 2.05) is 30.3 Å². The molecule has 1 aliphatic heterocycles. The van der Waals surface area contributed by atoms with E-state index >= 15 is 0 Å². The smallest absolute Gasteiger partial charge is 0.142 e. The van der Waals surface area contributed by atoms with Crippen LogP contribution >= 0.6 is 0 Å². The molecular weight excluding hydrogens is 210 g/mol. The maximum Gasteiger partial charge on any atom is 0.142 e. The fourth-order valence-corrected chi connectivity index (χ4v) is 2.45. The van der Waals surface area contributed by atoms with Gasteiger partial charge in [0, 0.05) is 13.1 Å². The summed E-state index contributed by atoms with van der Waals surface area (Å²) in [5.74, 6) is 0.716. The van der Waals surface area contributed by atoms with Gasteiger partial charge in [-0.2, -0.15) is 5.26 Å². The molecular formula is C14H19N3. The van der Waals surface area contributed by atoms with Crippen LogP contribution in [0.4, 0.5) is 0 Å². The molecule has 2 rings (SSSR count). The molecule has 1 aliphatic rings. The Morgan fingerprint density at radius 3 is 2.71 bits per heavy atom. The molecule has 1 fully saturated rings. The molecule has 1 heterocycles. The van der Waals surface area contributed by atoms with Crippen molar-refractivity contribution in [1.82, 2.24) is 4.90 Å². The van der Waals surface area contributed by atoms with Crippen LogP contribution < -0.4 is 5.73 Å². The lowest BCUT2D eigenvalue weighted by Gasteiger charge is -2.27. The highest BCUT2D eigenvalue weighted by Crippen LogP contribution is 2.23. The van der Waals surface area contributed by atoms with Crippen molar-refractivity contribution in [3.63, 3.8) is 0 Å². The number of nitrogens with two attached hydrogens (primary N) is 1. The third-order valence-corrected chi connectivity index (χ3v) is 3.47. The van der Waals surface area contributed by atoms with E-state index in [0.717, 1.165) is 18.7 Å². The Kier molecular flexibility index (Phi) is 3.46. The fraction of sp³-hybridized carbons (Fsp3) is 0.500. The largest absolute Gasteiger partial charge is 0.309 e. The quantitative estimate of drug-likeness (QED) is 0.858. The number of nitrogens with zero attached hydrogens (tertiary/aromatic N) is 2. The SMILES string of the molecule is CC1CCN(CC(N)(C#N)c2ccccc2)C1. The summed E-state index contributed by atoms with van der Waals surface area (Å²) in [6, 6.07) is 11.9. The molecule has 0 radical (unpaired) electrons. The van der Waals surface area contributed by atoms with Crippen LogP contribution in [-0.2, 0) is 5.54 Å². The first-order valence-electron chi connectivity index (χ1n) is 6.12. The predicted molar refractivity (Wildman–Crippen MR) is 68.1 cm³/mol. The molecule has 90 valence electrons. The van der Waals surface area contributed by atoms with E-state index in [0.29, 0.717) is 12.5 Å². The van der Waals surface area contributed by atoms with E-state index in [9.17, 15) is 5.26 Å². The molecule has 17 heavy (non-hydrogen) atoms.